The van der Waals surface area contributed by atoms with E-state index in [1.54, 1.807) is 13.0 Å². The molecule has 0 aromatic heterocycles. The van der Waals surface area contributed by atoms with Gasteiger partial charge in [0.15, 0.2) is 0 Å². The number of aliphatic hydroxyl groups is 1. The van der Waals surface area contributed by atoms with Crippen LogP contribution in [0.25, 0.3) is 0 Å². The lowest BCUT2D eigenvalue weighted by atomic mass is 9.85. The summed E-state index contributed by atoms with van der Waals surface area (Å²) in [4.78, 5) is 2.43. The van der Waals surface area contributed by atoms with Gasteiger partial charge in [0, 0.05) is 6.54 Å². The second-order valence-electron chi connectivity index (χ2n) is 7.17. The van der Waals surface area contributed by atoms with Crippen molar-refractivity contribution in [3.63, 3.8) is 0 Å². The van der Waals surface area contributed by atoms with E-state index in [4.69, 9.17) is 0 Å². The molecule has 21 heavy (non-hydrogen) atoms. The Kier molecular flexibility index (Phi) is 5.39. The molecule has 118 valence electrons. The van der Waals surface area contributed by atoms with Gasteiger partial charge in [-0.25, -0.2) is 4.39 Å². The van der Waals surface area contributed by atoms with Crippen LogP contribution in [-0.2, 0) is 0 Å². The van der Waals surface area contributed by atoms with E-state index in [0.717, 1.165) is 19.6 Å². The summed E-state index contributed by atoms with van der Waals surface area (Å²) in [5.41, 5.74) is 1.75. The Hall–Kier alpha value is -0.930. The van der Waals surface area contributed by atoms with Crippen LogP contribution in [0.2, 0.25) is 0 Å². The van der Waals surface area contributed by atoms with Gasteiger partial charge in [-0.3, -0.25) is 0 Å². The number of aryl methyl sites for hydroxylation is 1. The molecule has 2 nitrogen and oxygen atoms in total. The molecule has 1 aromatic rings. The first-order chi connectivity index (χ1) is 9.87. The molecule has 1 aliphatic rings. The lowest BCUT2D eigenvalue weighted by Crippen LogP contribution is -2.27. The second kappa shape index (κ2) is 6.89. The number of hydrogen-bond donors (Lipinski definition) is 1. The Labute approximate surface area is 128 Å². The topological polar surface area (TPSA) is 23.5 Å². The van der Waals surface area contributed by atoms with E-state index in [2.05, 4.69) is 18.7 Å². The van der Waals surface area contributed by atoms with Crippen LogP contribution in [0.1, 0.15) is 56.8 Å². The Morgan fingerprint density at radius 3 is 2.76 bits per heavy atom. The minimum atomic E-state index is -0.573. The number of aliphatic hydroxyl groups excluding tert-OH is 1. The fourth-order valence-electron chi connectivity index (χ4n) is 2.99. The van der Waals surface area contributed by atoms with Crippen LogP contribution in [-0.4, -0.2) is 29.6 Å². The fraction of sp³-hybridized carbons (Fsp3) is 0.667. The summed E-state index contributed by atoms with van der Waals surface area (Å²) in [6.07, 6.45) is 3.80. The van der Waals surface area contributed by atoms with Crippen LogP contribution in [0, 0.1) is 18.2 Å². The molecule has 0 radical (unpaired) electrons. The average Bonchev–Trinajstić information content (AvgIpc) is 2.60. The first-order valence-corrected chi connectivity index (χ1v) is 8.04. The van der Waals surface area contributed by atoms with E-state index < -0.39 is 6.10 Å². The summed E-state index contributed by atoms with van der Waals surface area (Å²) < 4.78 is 13.6. The summed E-state index contributed by atoms with van der Waals surface area (Å²) in [6, 6.07) is 5.03. The van der Waals surface area contributed by atoms with Gasteiger partial charge in [0.1, 0.15) is 5.82 Å². The summed E-state index contributed by atoms with van der Waals surface area (Å²) in [7, 11) is 0. The predicted octanol–water partition coefficient (Wildman–Crippen LogP) is 4.07. The van der Waals surface area contributed by atoms with Crippen molar-refractivity contribution in [3.8, 4) is 0 Å². The van der Waals surface area contributed by atoms with Crippen molar-refractivity contribution in [3.05, 3.63) is 35.1 Å². The van der Waals surface area contributed by atoms with Crippen LogP contribution in [0.3, 0.4) is 0 Å². The zero-order chi connectivity index (χ0) is 15.5. The van der Waals surface area contributed by atoms with E-state index >= 15 is 0 Å². The van der Waals surface area contributed by atoms with Gasteiger partial charge in [-0.05, 0) is 68.3 Å². The fourth-order valence-corrected chi connectivity index (χ4v) is 2.99. The molecule has 1 saturated heterocycles. The smallest absolute Gasteiger partial charge is 0.126 e. The third kappa shape index (κ3) is 4.79. The van der Waals surface area contributed by atoms with Crippen molar-refractivity contribution in [1.82, 2.24) is 4.90 Å². The average molecular weight is 293 g/mol. The van der Waals surface area contributed by atoms with E-state index in [-0.39, 0.29) is 5.82 Å². The minimum Gasteiger partial charge on any atom is -0.388 e. The van der Waals surface area contributed by atoms with Crippen molar-refractivity contribution in [2.75, 3.05) is 19.6 Å². The third-order valence-electron chi connectivity index (χ3n) is 4.73. The largest absolute Gasteiger partial charge is 0.388 e. The molecular weight excluding hydrogens is 265 g/mol. The highest BCUT2D eigenvalue weighted by atomic mass is 19.1. The lowest BCUT2D eigenvalue weighted by molar-refractivity contribution is 0.141. The molecule has 1 fully saturated rings. The maximum Gasteiger partial charge on any atom is 0.126 e. The molecule has 1 unspecified atom stereocenters. The van der Waals surface area contributed by atoms with Crippen molar-refractivity contribution < 1.29 is 9.50 Å². The van der Waals surface area contributed by atoms with Gasteiger partial charge < -0.3 is 10.0 Å². The number of likely N-dealkylation sites (tertiary alicyclic amines) is 1. The highest BCUT2D eigenvalue weighted by molar-refractivity contribution is 5.24. The van der Waals surface area contributed by atoms with Crippen LogP contribution < -0.4 is 0 Å². The zero-order valence-corrected chi connectivity index (χ0v) is 13.5. The third-order valence-corrected chi connectivity index (χ3v) is 4.73. The van der Waals surface area contributed by atoms with Gasteiger partial charge in [0.2, 0.25) is 0 Å². The molecule has 0 saturated carbocycles. The maximum atomic E-state index is 13.6. The van der Waals surface area contributed by atoms with Crippen molar-refractivity contribution in [2.45, 2.75) is 52.6 Å². The standard InChI is InChI=1S/C18H28FNO/c1-14-5-6-15(13-16(14)19)17(21)7-11-20-10-4-8-18(2,3)9-12-20/h5-6,13,17,21H,4,7-12H2,1-3H3. The molecule has 0 amide bonds. The minimum absolute atomic E-state index is 0.233. The number of halogens is 1. The van der Waals surface area contributed by atoms with Crippen LogP contribution in [0.4, 0.5) is 4.39 Å². The highest BCUT2D eigenvalue weighted by Gasteiger charge is 2.23. The lowest BCUT2D eigenvalue weighted by Gasteiger charge is -2.24. The SMILES string of the molecule is Cc1ccc(C(O)CCN2CCCC(C)(C)CC2)cc1F. The normalized spacial score (nSPS) is 21.0. The number of nitrogens with zero attached hydrogens (tertiary/aromatic N) is 1. The molecule has 1 aromatic carbocycles. The Balaban J connectivity index is 1.86. The van der Waals surface area contributed by atoms with Gasteiger partial charge >= 0.3 is 0 Å². The number of rotatable bonds is 4. The van der Waals surface area contributed by atoms with Gasteiger partial charge in [0.25, 0.3) is 0 Å². The molecule has 1 heterocycles. The summed E-state index contributed by atoms with van der Waals surface area (Å²) in [5.74, 6) is -0.233. The molecule has 1 N–H and O–H groups in total. The Morgan fingerprint density at radius 1 is 1.29 bits per heavy atom. The quantitative estimate of drug-likeness (QED) is 0.904. The number of benzene rings is 1. The van der Waals surface area contributed by atoms with Crippen molar-refractivity contribution in [2.24, 2.45) is 5.41 Å². The highest BCUT2D eigenvalue weighted by Crippen LogP contribution is 2.30. The molecule has 1 atom stereocenters. The van der Waals surface area contributed by atoms with Crippen molar-refractivity contribution in [1.29, 1.82) is 0 Å². The zero-order valence-electron chi connectivity index (χ0n) is 13.5. The Bertz CT molecular complexity index is 472. The van der Waals surface area contributed by atoms with Crippen LogP contribution in [0.15, 0.2) is 18.2 Å². The van der Waals surface area contributed by atoms with Crippen LogP contribution in [0.5, 0.6) is 0 Å². The summed E-state index contributed by atoms with van der Waals surface area (Å²) in [5, 5.41) is 10.2. The van der Waals surface area contributed by atoms with E-state index in [1.807, 2.05) is 6.07 Å². The summed E-state index contributed by atoms with van der Waals surface area (Å²) in [6.45, 7) is 9.50. The molecule has 2 rings (SSSR count). The molecular formula is C18H28FNO. The molecule has 3 heteroatoms. The molecule has 1 aliphatic heterocycles. The maximum absolute atomic E-state index is 13.6. The molecule has 0 aliphatic carbocycles. The second-order valence-corrected chi connectivity index (χ2v) is 7.17. The number of hydrogen-bond acceptors (Lipinski definition) is 2. The monoisotopic (exact) mass is 293 g/mol. The summed E-state index contributed by atoms with van der Waals surface area (Å²) >= 11 is 0. The van der Waals surface area contributed by atoms with Gasteiger partial charge in [-0.1, -0.05) is 26.0 Å². The van der Waals surface area contributed by atoms with E-state index in [0.29, 0.717) is 23.0 Å². The first kappa shape index (κ1) is 16.4. The van der Waals surface area contributed by atoms with Gasteiger partial charge in [-0.15, -0.1) is 0 Å². The van der Waals surface area contributed by atoms with E-state index in [1.165, 1.54) is 25.3 Å². The van der Waals surface area contributed by atoms with Crippen molar-refractivity contribution >= 4 is 0 Å². The first-order valence-electron chi connectivity index (χ1n) is 8.04. The molecule has 0 bridgehead atoms. The Morgan fingerprint density at radius 2 is 2.05 bits per heavy atom. The van der Waals surface area contributed by atoms with Gasteiger partial charge in [-0.2, -0.15) is 0 Å². The molecule has 0 spiro atoms. The van der Waals surface area contributed by atoms with E-state index in [9.17, 15) is 9.50 Å². The van der Waals surface area contributed by atoms with Gasteiger partial charge in [0.05, 0.1) is 6.10 Å². The van der Waals surface area contributed by atoms with Crippen LogP contribution >= 0.6 is 0 Å². The predicted molar refractivity (Wildman–Crippen MR) is 84.8 cm³/mol.